The molecule has 0 bridgehead atoms. The van der Waals surface area contributed by atoms with E-state index in [1.165, 1.54) is 4.68 Å². The fourth-order valence-electron chi connectivity index (χ4n) is 4.10. The molecule has 0 N–H and O–H groups in total. The smallest absolute Gasteiger partial charge is 0.338 e. The number of likely N-dealkylation sites (tertiary alicyclic amines) is 1. The van der Waals surface area contributed by atoms with Gasteiger partial charge in [-0.2, -0.15) is 5.10 Å². The molecule has 2 aromatic heterocycles. The zero-order valence-electron chi connectivity index (χ0n) is 17.2. The Morgan fingerprint density at radius 3 is 2.48 bits per heavy atom. The lowest BCUT2D eigenvalue weighted by Crippen LogP contribution is -2.40. The molecule has 7 heteroatoms. The first-order chi connectivity index (χ1) is 14.0. The molecule has 1 fully saturated rings. The summed E-state index contributed by atoms with van der Waals surface area (Å²) in [6.07, 6.45) is 5.79. The van der Waals surface area contributed by atoms with E-state index >= 15 is 0 Å². The normalized spacial score (nSPS) is 17.1. The fourth-order valence-corrected chi connectivity index (χ4v) is 4.10. The summed E-state index contributed by atoms with van der Waals surface area (Å²) < 4.78 is 5.16. The Kier molecular flexibility index (Phi) is 5.13. The van der Waals surface area contributed by atoms with Crippen LogP contribution in [0.5, 0.6) is 0 Å². The van der Waals surface area contributed by atoms with Crippen molar-refractivity contribution in [2.45, 2.75) is 38.6 Å². The van der Waals surface area contributed by atoms with E-state index in [9.17, 15) is 9.59 Å². The zero-order valence-corrected chi connectivity index (χ0v) is 17.2. The first-order valence-electron chi connectivity index (χ1n) is 10.1. The van der Waals surface area contributed by atoms with Crippen LogP contribution in [0.2, 0.25) is 0 Å². The average molecular weight is 393 g/mol. The number of amides is 1. The van der Waals surface area contributed by atoms with Crippen LogP contribution in [0, 0.1) is 0 Å². The molecule has 1 amide bonds. The second-order valence-corrected chi connectivity index (χ2v) is 7.96. The molecule has 1 aromatic carbocycles. The van der Waals surface area contributed by atoms with Gasteiger partial charge < -0.3 is 9.47 Å². The van der Waals surface area contributed by atoms with Crippen molar-refractivity contribution in [3.63, 3.8) is 0 Å². The van der Waals surface area contributed by atoms with E-state index in [0.29, 0.717) is 12.1 Å². The number of benzene rings is 1. The van der Waals surface area contributed by atoms with E-state index in [1.54, 1.807) is 11.6 Å². The third-order valence-corrected chi connectivity index (χ3v) is 5.59. The molecular formula is C22H27N5O2. The maximum absolute atomic E-state index is 13.1. The molecule has 1 unspecified atom stereocenters. The summed E-state index contributed by atoms with van der Waals surface area (Å²) in [4.78, 5) is 27.4. The lowest BCUT2D eigenvalue weighted by molar-refractivity contribution is 0.0703. The summed E-state index contributed by atoms with van der Waals surface area (Å²) in [6, 6.07) is 11.7. The SMILES string of the molecule is CC(C)n1c(C2CCCN(C(=O)c3ccc(-n4cccc4)cc3)C2)nn(C)c1=O. The van der Waals surface area contributed by atoms with Crippen LogP contribution in [0.1, 0.15) is 54.8 Å². The molecule has 0 spiro atoms. The van der Waals surface area contributed by atoms with Crippen LogP contribution in [0.15, 0.2) is 53.6 Å². The number of nitrogens with zero attached hydrogens (tertiary/aromatic N) is 5. The topological polar surface area (TPSA) is 65.1 Å². The second kappa shape index (κ2) is 7.73. The highest BCUT2D eigenvalue weighted by Gasteiger charge is 2.30. The molecule has 7 nitrogen and oxygen atoms in total. The number of aryl methyl sites for hydroxylation is 1. The van der Waals surface area contributed by atoms with Gasteiger partial charge in [-0.15, -0.1) is 0 Å². The average Bonchev–Trinajstić information content (AvgIpc) is 3.36. The first kappa shape index (κ1) is 19.2. The standard InChI is InChI=1S/C22H27N5O2/c1-16(2)27-20(23-24(3)22(27)29)18-7-6-14-26(15-18)21(28)17-8-10-19(11-9-17)25-12-4-5-13-25/h4-5,8-13,16,18H,6-7,14-15H2,1-3H3. The van der Waals surface area contributed by atoms with E-state index in [0.717, 1.165) is 30.9 Å². The molecule has 29 heavy (non-hydrogen) atoms. The van der Waals surface area contributed by atoms with Crippen LogP contribution in [-0.4, -0.2) is 42.8 Å². The molecule has 1 saturated heterocycles. The molecule has 3 aromatic rings. The minimum atomic E-state index is -0.0981. The van der Waals surface area contributed by atoms with Gasteiger partial charge in [0.15, 0.2) is 0 Å². The zero-order chi connectivity index (χ0) is 20.5. The largest absolute Gasteiger partial charge is 0.345 e. The van der Waals surface area contributed by atoms with Crippen molar-refractivity contribution in [3.05, 3.63) is 70.7 Å². The predicted octanol–water partition coefficient (Wildman–Crippen LogP) is 2.97. The summed E-state index contributed by atoms with van der Waals surface area (Å²) in [5.41, 5.74) is 1.61. The Morgan fingerprint density at radius 2 is 1.83 bits per heavy atom. The van der Waals surface area contributed by atoms with Gasteiger partial charge in [0.25, 0.3) is 5.91 Å². The van der Waals surface area contributed by atoms with Gasteiger partial charge in [-0.3, -0.25) is 9.36 Å². The number of hydrogen-bond donors (Lipinski definition) is 0. The molecule has 4 rings (SSSR count). The Balaban J connectivity index is 1.54. The van der Waals surface area contributed by atoms with Crippen LogP contribution in [-0.2, 0) is 7.05 Å². The summed E-state index contributed by atoms with van der Waals surface area (Å²) in [5.74, 6) is 0.888. The highest BCUT2D eigenvalue weighted by Crippen LogP contribution is 2.27. The molecule has 3 heterocycles. The van der Waals surface area contributed by atoms with Crippen molar-refractivity contribution >= 4 is 5.91 Å². The summed E-state index contributed by atoms with van der Waals surface area (Å²) in [6.45, 7) is 5.30. The summed E-state index contributed by atoms with van der Waals surface area (Å²) in [5, 5.41) is 4.49. The maximum atomic E-state index is 13.1. The number of aromatic nitrogens is 4. The van der Waals surface area contributed by atoms with E-state index in [1.807, 2.05) is 72.1 Å². The molecule has 0 aliphatic carbocycles. The van der Waals surface area contributed by atoms with Gasteiger partial charge in [0.05, 0.1) is 0 Å². The van der Waals surface area contributed by atoms with E-state index in [-0.39, 0.29) is 23.6 Å². The second-order valence-electron chi connectivity index (χ2n) is 7.96. The summed E-state index contributed by atoms with van der Waals surface area (Å²) in [7, 11) is 1.68. The maximum Gasteiger partial charge on any atom is 0.345 e. The molecule has 0 radical (unpaired) electrons. The predicted molar refractivity (Wildman–Crippen MR) is 112 cm³/mol. The van der Waals surface area contributed by atoms with Crippen LogP contribution in [0.25, 0.3) is 5.69 Å². The number of carbonyl (C=O) groups excluding carboxylic acids is 1. The van der Waals surface area contributed by atoms with E-state index < -0.39 is 0 Å². The Hall–Kier alpha value is -3.09. The number of piperidine rings is 1. The quantitative estimate of drug-likeness (QED) is 0.685. The number of hydrogen-bond acceptors (Lipinski definition) is 3. The Bertz CT molecular complexity index is 1040. The molecule has 152 valence electrons. The summed E-state index contributed by atoms with van der Waals surface area (Å²) >= 11 is 0. The lowest BCUT2D eigenvalue weighted by Gasteiger charge is -2.32. The Labute approximate surface area is 170 Å². The third kappa shape index (κ3) is 3.64. The van der Waals surface area contributed by atoms with Crippen molar-refractivity contribution in [1.29, 1.82) is 0 Å². The Morgan fingerprint density at radius 1 is 1.14 bits per heavy atom. The van der Waals surface area contributed by atoms with Crippen LogP contribution in [0.4, 0.5) is 0 Å². The minimum absolute atomic E-state index is 0.0307. The van der Waals surface area contributed by atoms with Gasteiger partial charge in [0, 0.05) is 55.7 Å². The number of carbonyl (C=O) groups is 1. The van der Waals surface area contributed by atoms with Crippen LogP contribution < -0.4 is 5.69 Å². The molecule has 1 aliphatic heterocycles. The van der Waals surface area contributed by atoms with E-state index in [2.05, 4.69) is 5.10 Å². The highest BCUT2D eigenvalue weighted by molar-refractivity contribution is 5.94. The van der Waals surface area contributed by atoms with Gasteiger partial charge >= 0.3 is 5.69 Å². The van der Waals surface area contributed by atoms with Gasteiger partial charge in [-0.05, 0) is 63.1 Å². The van der Waals surface area contributed by atoms with E-state index in [4.69, 9.17) is 0 Å². The van der Waals surface area contributed by atoms with Crippen LogP contribution in [0.3, 0.4) is 0 Å². The van der Waals surface area contributed by atoms with Crippen molar-refractivity contribution in [3.8, 4) is 5.69 Å². The molecule has 0 saturated carbocycles. The minimum Gasteiger partial charge on any atom is -0.338 e. The molecule has 1 atom stereocenters. The fraction of sp³-hybridized carbons (Fsp3) is 0.409. The lowest BCUT2D eigenvalue weighted by atomic mass is 9.96. The van der Waals surface area contributed by atoms with Gasteiger partial charge in [0.1, 0.15) is 5.82 Å². The van der Waals surface area contributed by atoms with Crippen molar-refractivity contribution in [2.24, 2.45) is 7.05 Å². The van der Waals surface area contributed by atoms with Gasteiger partial charge in [0.2, 0.25) is 0 Å². The third-order valence-electron chi connectivity index (χ3n) is 5.59. The van der Waals surface area contributed by atoms with Gasteiger partial charge in [-0.1, -0.05) is 0 Å². The van der Waals surface area contributed by atoms with Crippen molar-refractivity contribution < 1.29 is 4.79 Å². The highest BCUT2D eigenvalue weighted by atomic mass is 16.2. The van der Waals surface area contributed by atoms with Crippen molar-refractivity contribution in [2.75, 3.05) is 13.1 Å². The van der Waals surface area contributed by atoms with Gasteiger partial charge in [-0.25, -0.2) is 9.48 Å². The van der Waals surface area contributed by atoms with Crippen molar-refractivity contribution in [1.82, 2.24) is 23.8 Å². The first-order valence-corrected chi connectivity index (χ1v) is 10.1. The monoisotopic (exact) mass is 393 g/mol. The molecular weight excluding hydrogens is 366 g/mol. The van der Waals surface area contributed by atoms with Crippen LogP contribution >= 0.6 is 0 Å². The number of rotatable bonds is 4. The molecule has 1 aliphatic rings.